The maximum Gasteiger partial charge on any atom is 0.190 e. The Morgan fingerprint density at radius 3 is 2.64 bits per heavy atom. The lowest BCUT2D eigenvalue weighted by molar-refractivity contribution is 0.766. The molecule has 2 N–H and O–H groups in total. The molecule has 2 rings (SSSR count). The third-order valence-electron chi connectivity index (χ3n) is 3.59. The predicted molar refractivity (Wildman–Crippen MR) is 104 cm³/mol. The van der Waals surface area contributed by atoms with Crippen LogP contribution in [0, 0.1) is 0 Å². The van der Waals surface area contributed by atoms with Crippen LogP contribution in [0.25, 0.3) is 0 Å². The average Bonchev–Trinajstić information content (AvgIpc) is 3.01. The molecule has 122 valence electrons. The summed E-state index contributed by atoms with van der Waals surface area (Å²) in [6.45, 7) is 1.76. The maximum atomic E-state index is 5.77. The highest BCUT2D eigenvalue weighted by Gasteiger charge is 2.04. The highest BCUT2D eigenvalue weighted by atomic mass is 127. The Labute approximate surface area is 154 Å². The molecule has 1 aliphatic rings. The number of rotatable bonds is 6. The van der Waals surface area contributed by atoms with Crippen molar-refractivity contribution in [2.75, 3.05) is 20.1 Å². The van der Waals surface area contributed by atoms with Crippen LogP contribution in [0.4, 0.5) is 0 Å². The van der Waals surface area contributed by atoms with Gasteiger partial charge in [-0.3, -0.25) is 4.99 Å². The molecule has 0 saturated carbocycles. The van der Waals surface area contributed by atoms with E-state index >= 15 is 0 Å². The SMILES string of the molecule is CN=C(NCCC1=CCCC1)NCCc1ccc(Cl)nc1.I. The summed E-state index contributed by atoms with van der Waals surface area (Å²) in [5, 5.41) is 7.20. The van der Waals surface area contributed by atoms with E-state index in [4.69, 9.17) is 11.6 Å². The van der Waals surface area contributed by atoms with Gasteiger partial charge in [-0.05, 0) is 43.7 Å². The molecule has 0 atom stereocenters. The fourth-order valence-electron chi connectivity index (χ4n) is 2.41. The molecule has 4 nitrogen and oxygen atoms in total. The number of hydrogen-bond acceptors (Lipinski definition) is 2. The second kappa shape index (κ2) is 10.8. The minimum absolute atomic E-state index is 0. The van der Waals surface area contributed by atoms with Crippen molar-refractivity contribution in [3.05, 3.63) is 40.7 Å². The van der Waals surface area contributed by atoms with Crippen LogP contribution in [-0.4, -0.2) is 31.1 Å². The van der Waals surface area contributed by atoms with E-state index < -0.39 is 0 Å². The molecule has 1 aliphatic carbocycles. The fourth-order valence-corrected chi connectivity index (χ4v) is 2.52. The summed E-state index contributed by atoms with van der Waals surface area (Å²) in [4.78, 5) is 8.31. The summed E-state index contributed by atoms with van der Waals surface area (Å²) >= 11 is 5.77. The van der Waals surface area contributed by atoms with Gasteiger partial charge in [0.15, 0.2) is 5.96 Å². The molecule has 22 heavy (non-hydrogen) atoms. The minimum Gasteiger partial charge on any atom is -0.356 e. The van der Waals surface area contributed by atoms with Crippen molar-refractivity contribution in [3.63, 3.8) is 0 Å². The van der Waals surface area contributed by atoms with E-state index in [1.165, 1.54) is 24.8 Å². The van der Waals surface area contributed by atoms with E-state index in [1.54, 1.807) is 12.6 Å². The summed E-state index contributed by atoms with van der Waals surface area (Å²) in [5.41, 5.74) is 2.74. The molecule has 0 saturated heterocycles. The third kappa shape index (κ3) is 6.96. The van der Waals surface area contributed by atoms with Crippen molar-refractivity contribution in [2.45, 2.75) is 32.1 Å². The third-order valence-corrected chi connectivity index (χ3v) is 3.82. The smallest absolute Gasteiger partial charge is 0.190 e. The molecule has 0 unspecified atom stereocenters. The van der Waals surface area contributed by atoms with Crippen LogP contribution in [0.15, 0.2) is 35.0 Å². The van der Waals surface area contributed by atoms with Gasteiger partial charge < -0.3 is 10.6 Å². The molecule has 6 heteroatoms. The Kier molecular flexibility index (Phi) is 9.47. The van der Waals surface area contributed by atoms with E-state index in [2.05, 4.69) is 26.7 Å². The molecule has 0 amide bonds. The highest BCUT2D eigenvalue weighted by molar-refractivity contribution is 14.0. The number of guanidine groups is 1. The number of halogens is 2. The monoisotopic (exact) mass is 434 g/mol. The standard InChI is InChI=1S/C16H23ClN4.HI/c1-18-16(19-10-8-13-4-2-3-5-13)20-11-9-14-6-7-15(17)21-12-14;/h4,6-7,12H,2-3,5,8-11H2,1H3,(H2,18,19,20);1H. The average molecular weight is 435 g/mol. The van der Waals surface area contributed by atoms with Gasteiger partial charge in [-0.15, -0.1) is 24.0 Å². The first kappa shape index (κ1) is 19.2. The summed E-state index contributed by atoms with van der Waals surface area (Å²) in [6.07, 6.45) is 10.0. The second-order valence-corrected chi connectivity index (χ2v) is 5.56. The Morgan fingerprint density at radius 2 is 2.05 bits per heavy atom. The van der Waals surface area contributed by atoms with Crippen molar-refractivity contribution in [3.8, 4) is 0 Å². The van der Waals surface area contributed by atoms with Crippen molar-refractivity contribution < 1.29 is 0 Å². The number of nitrogens with zero attached hydrogens (tertiary/aromatic N) is 2. The number of hydrogen-bond donors (Lipinski definition) is 2. The topological polar surface area (TPSA) is 49.3 Å². The van der Waals surface area contributed by atoms with Gasteiger partial charge in [-0.2, -0.15) is 0 Å². The van der Waals surface area contributed by atoms with E-state index in [-0.39, 0.29) is 24.0 Å². The summed E-state index contributed by atoms with van der Waals surface area (Å²) < 4.78 is 0. The molecule has 0 aliphatic heterocycles. The van der Waals surface area contributed by atoms with Crippen LogP contribution < -0.4 is 10.6 Å². The molecule has 0 fully saturated rings. The molecule has 0 radical (unpaired) electrons. The lowest BCUT2D eigenvalue weighted by Crippen LogP contribution is -2.38. The van der Waals surface area contributed by atoms with Gasteiger partial charge in [0, 0.05) is 26.3 Å². The molecular weight excluding hydrogens is 411 g/mol. The first-order valence-corrected chi connectivity index (χ1v) is 7.88. The van der Waals surface area contributed by atoms with Crippen molar-refractivity contribution >= 4 is 41.5 Å². The zero-order valence-electron chi connectivity index (χ0n) is 12.9. The van der Waals surface area contributed by atoms with Gasteiger partial charge in [0.05, 0.1) is 0 Å². The van der Waals surface area contributed by atoms with Crippen LogP contribution in [0.3, 0.4) is 0 Å². The Morgan fingerprint density at radius 1 is 1.27 bits per heavy atom. The molecular formula is C16H24ClIN4. The number of allylic oxidation sites excluding steroid dienone is 1. The first-order valence-electron chi connectivity index (χ1n) is 7.51. The lowest BCUT2D eigenvalue weighted by Gasteiger charge is -2.12. The van der Waals surface area contributed by atoms with Gasteiger partial charge in [-0.25, -0.2) is 4.98 Å². The molecule has 1 heterocycles. The van der Waals surface area contributed by atoms with E-state index in [0.717, 1.165) is 31.9 Å². The van der Waals surface area contributed by atoms with Gasteiger partial charge in [0.1, 0.15) is 5.15 Å². The van der Waals surface area contributed by atoms with E-state index in [1.807, 2.05) is 18.3 Å². The van der Waals surface area contributed by atoms with Gasteiger partial charge in [-0.1, -0.05) is 29.3 Å². The summed E-state index contributed by atoms with van der Waals surface area (Å²) in [5.74, 6) is 0.857. The molecule has 0 bridgehead atoms. The van der Waals surface area contributed by atoms with E-state index in [0.29, 0.717) is 5.15 Å². The van der Waals surface area contributed by atoms with Crippen LogP contribution >= 0.6 is 35.6 Å². The summed E-state index contributed by atoms with van der Waals surface area (Å²) in [6, 6.07) is 3.82. The highest BCUT2D eigenvalue weighted by Crippen LogP contribution is 2.19. The van der Waals surface area contributed by atoms with Crippen molar-refractivity contribution in [1.82, 2.24) is 15.6 Å². The second-order valence-electron chi connectivity index (χ2n) is 5.17. The number of pyridine rings is 1. The molecule has 0 spiro atoms. The Bertz CT molecular complexity index is 499. The molecule has 1 aromatic rings. The maximum absolute atomic E-state index is 5.77. The number of nitrogens with one attached hydrogen (secondary N) is 2. The minimum atomic E-state index is 0. The normalized spacial score (nSPS) is 14.3. The van der Waals surface area contributed by atoms with Crippen LogP contribution in [0.1, 0.15) is 31.2 Å². The number of aromatic nitrogens is 1. The largest absolute Gasteiger partial charge is 0.356 e. The quantitative estimate of drug-likeness (QED) is 0.237. The number of aliphatic imine (C=N–C) groups is 1. The van der Waals surface area contributed by atoms with Crippen LogP contribution in [0.5, 0.6) is 0 Å². The predicted octanol–water partition coefficient (Wildman–Crippen LogP) is 3.56. The summed E-state index contributed by atoms with van der Waals surface area (Å²) in [7, 11) is 1.80. The Hall–Kier alpha value is -0.820. The fraction of sp³-hybridized carbons (Fsp3) is 0.500. The van der Waals surface area contributed by atoms with Gasteiger partial charge in [0.25, 0.3) is 0 Å². The van der Waals surface area contributed by atoms with Crippen LogP contribution in [-0.2, 0) is 6.42 Å². The van der Waals surface area contributed by atoms with Gasteiger partial charge >= 0.3 is 0 Å². The van der Waals surface area contributed by atoms with Crippen LogP contribution in [0.2, 0.25) is 5.15 Å². The lowest BCUT2D eigenvalue weighted by atomic mass is 10.2. The Balaban J connectivity index is 0.00000242. The van der Waals surface area contributed by atoms with Crippen molar-refractivity contribution in [1.29, 1.82) is 0 Å². The molecule has 1 aromatic heterocycles. The van der Waals surface area contributed by atoms with E-state index in [9.17, 15) is 0 Å². The molecule has 0 aromatic carbocycles. The zero-order chi connectivity index (χ0) is 14.9. The zero-order valence-corrected chi connectivity index (χ0v) is 16.0. The first-order chi connectivity index (χ1) is 10.3. The van der Waals surface area contributed by atoms with Crippen molar-refractivity contribution in [2.24, 2.45) is 4.99 Å². The van der Waals surface area contributed by atoms with Gasteiger partial charge in [0.2, 0.25) is 0 Å².